The molecule has 7 nitrogen and oxygen atoms in total. The number of carbonyl (C=O) groups is 3. The topological polar surface area (TPSA) is 84.9 Å². The highest BCUT2D eigenvalue weighted by atomic mass is 32.1. The van der Waals surface area contributed by atoms with Gasteiger partial charge < -0.3 is 19.7 Å². The molecule has 2 heterocycles. The van der Waals surface area contributed by atoms with E-state index in [-0.39, 0.29) is 18.6 Å². The Hall–Kier alpha value is -2.35. The summed E-state index contributed by atoms with van der Waals surface area (Å²) in [4.78, 5) is 40.7. The molecular formula is C33H54N2O5S. The van der Waals surface area contributed by atoms with Gasteiger partial charge in [0.2, 0.25) is 5.91 Å². The van der Waals surface area contributed by atoms with Crippen LogP contribution >= 0.6 is 11.3 Å². The molecule has 8 heteroatoms. The van der Waals surface area contributed by atoms with Gasteiger partial charge in [0.15, 0.2) is 0 Å². The van der Waals surface area contributed by atoms with Crippen molar-refractivity contribution in [1.29, 1.82) is 0 Å². The number of anilines is 1. The van der Waals surface area contributed by atoms with Gasteiger partial charge in [-0.2, -0.15) is 0 Å². The van der Waals surface area contributed by atoms with E-state index in [1.165, 1.54) is 69.1 Å². The molecule has 232 valence electrons. The van der Waals surface area contributed by atoms with E-state index in [2.05, 4.69) is 24.4 Å². The molecule has 0 aliphatic carbocycles. The van der Waals surface area contributed by atoms with Crippen LogP contribution in [0, 0.1) is 0 Å². The van der Waals surface area contributed by atoms with Gasteiger partial charge in [-0.05, 0) is 71.8 Å². The van der Waals surface area contributed by atoms with Crippen LogP contribution in [-0.2, 0) is 27.2 Å². The van der Waals surface area contributed by atoms with Crippen LogP contribution in [-0.4, -0.2) is 41.6 Å². The van der Waals surface area contributed by atoms with Gasteiger partial charge in [0.25, 0.3) is 0 Å². The third kappa shape index (κ3) is 13.4. The number of rotatable bonds is 18. The molecule has 0 fully saturated rings. The SMILES string of the molecule is CCCCCCCC/C=C\CCCCCCCC(=O)Nc1sc2c(c1C(=O)OCC)CCN(C(=O)OC(C)(C)C)C2. The molecular weight excluding hydrogens is 536 g/mol. The van der Waals surface area contributed by atoms with Crippen molar-refractivity contribution in [2.45, 2.75) is 143 Å². The third-order valence-electron chi connectivity index (χ3n) is 7.11. The predicted molar refractivity (Wildman–Crippen MR) is 169 cm³/mol. The predicted octanol–water partition coefficient (Wildman–Crippen LogP) is 9.19. The van der Waals surface area contributed by atoms with E-state index in [4.69, 9.17) is 9.47 Å². The number of hydrogen-bond donors (Lipinski definition) is 1. The van der Waals surface area contributed by atoms with Gasteiger partial charge >= 0.3 is 12.1 Å². The number of carbonyl (C=O) groups excluding carboxylic acids is 3. The molecule has 0 bridgehead atoms. The van der Waals surface area contributed by atoms with Crippen molar-refractivity contribution in [3.05, 3.63) is 28.2 Å². The minimum absolute atomic E-state index is 0.0872. The summed E-state index contributed by atoms with van der Waals surface area (Å²) in [5, 5.41) is 3.50. The number of nitrogens with one attached hydrogen (secondary N) is 1. The van der Waals surface area contributed by atoms with Gasteiger partial charge in [-0.15, -0.1) is 11.3 Å². The lowest BCUT2D eigenvalue weighted by Gasteiger charge is -2.30. The average molecular weight is 591 g/mol. The number of thiophene rings is 1. The molecule has 0 radical (unpaired) electrons. The van der Waals surface area contributed by atoms with E-state index in [9.17, 15) is 14.4 Å². The summed E-state index contributed by atoms with van der Waals surface area (Å²) in [7, 11) is 0. The number of ether oxygens (including phenoxy) is 2. The molecule has 2 amide bonds. The monoisotopic (exact) mass is 590 g/mol. The van der Waals surface area contributed by atoms with Crippen LogP contribution in [0.3, 0.4) is 0 Å². The van der Waals surface area contributed by atoms with Crippen LogP contribution in [0.25, 0.3) is 0 Å². The van der Waals surface area contributed by atoms with Gasteiger partial charge in [0.05, 0.1) is 18.7 Å². The highest BCUT2D eigenvalue weighted by Crippen LogP contribution is 2.38. The fourth-order valence-corrected chi connectivity index (χ4v) is 6.21. The second kappa shape index (κ2) is 19.0. The zero-order valence-electron chi connectivity index (χ0n) is 26.3. The lowest BCUT2D eigenvalue weighted by atomic mass is 10.0. The Labute approximate surface area is 252 Å². The lowest BCUT2D eigenvalue weighted by molar-refractivity contribution is -0.116. The van der Waals surface area contributed by atoms with Crippen LogP contribution < -0.4 is 5.32 Å². The molecule has 0 saturated carbocycles. The van der Waals surface area contributed by atoms with Gasteiger partial charge in [-0.3, -0.25) is 4.79 Å². The number of fused-ring (bicyclic) bond motifs is 1. The first kappa shape index (κ1) is 34.8. The Bertz CT molecular complexity index is 979. The standard InChI is InChI=1S/C33H54N2O5S/c1-6-8-9-10-11-12-13-14-15-16-17-18-19-20-21-22-28(36)34-30-29(31(37)39-7-2)26-23-24-35(25-27(26)41-30)32(38)40-33(3,4)5/h14-15H,6-13,16-25H2,1-5H3,(H,34,36)/b15-14-. The summed E-state index contributed by atoms with van der Waals surface area (Å²) in [6.45, 7) is 10.6. The molecule has 0 atom stereocenters. The van der Waals surface area contributed by atoms with Crippen molar-refractivity contribution < 1.29 is 23.9 Å². The second-order valence-corrected chi connectivity index (χ2v) is 13.1. The molecule has 0 aromatic carbocycles. The molecule has 0 spiro atoms. The van der Waals surface area contributed by atoms with Gasteiger partial charge in [0.1, 0.15) is 10.6 Å². The molecule has 0 saturated heterocycles. The normalized spacial score (nSPS) is 13.3. The summed E-state index contributed by atoms with van der Waals surface area (Å²) in [5.74, 6) is -0.511. The maximum Gasteiger partial charge on any atom is 0.410 e. The number of hydrogen-bond acceptors (Lipinski definition) is 6. The van der Waals surface area contributed by atoms with Crippen LogP contribution in [0.2, 0.25) is 0 Å². The third-order valence-corrected chi connectivity index (χ3v) is 8.24. The molecule has 0 unspecified atom stereocenters. The summed E-state index contributed by atoms with van der Waals surface area (Å²) < 4.78 is 10.8. The van der Waals surface area contributed by atoms with E-state index in [0.717, 1.165) is 36.1 Å². The Morgan fingerprint density at radius 2 is 1.51 bits per heavy atom. The Morgan fingerprint density at radius 3 is 2.12 bits per heavy atom. The van der Waals surface area contributed by atoms with Crippen molar-refractivity contribution in [2.75, 3.05) is 18.5 Å². The first-order valence-electron chi connectivity index (χ1n) is 15.9. The van der Waals surface area contributed by atoms with Crippen molar-refractivity contribution in [3.63, 3.8) is 0 Å². The largest absolute Gasteiger partial charge is 0.462 e. The van der Waals surface area contributed by atoms with Crippen LogP contribution in [0.4, 0.5) is 9.80 Å². The van der Waals surface area contributed by atoms with Crippen molar-refractivity contribution >= 4 is 34.3 Å². The van der Waals surface area contributed by atoms with E-state index >= 15 is 0 Å². The van der Waals surface area contributed by atoms with Crippen LogP contribution in [0.5, 0.6) is 0 Å². The maximum absolute atomic E-state index is 12.8. The van der Waals surface area contributed by atoms with Crippen molar-refractivity contribution in [2.24, 2.45) is 0 Å². The Balaban J connectivity index is 1.74. The molecule has 1 aromatic heterocycles. The van der Waals surface area contributed by atoms with Gasteiger partial charge in [-0.25, -0.2) is 9.59 Å². The van der Waals surface area contributed by atoms with Gasteiger partial charge in [0, 0.05) is 17.8 Å². The minimum atomic E-state index is -0.577. The first-order chi connectivity index (χ1) is 19.7. The first-order valence-corrected chi connectivity index (χ1v) is 16.7. The number of allylic oxidation sites excluding steroid dienone is 2. The lowest BCUT2D eigenvalue weighted by Crippen LogP contribution is -2.39. The number of esters is 1. The molecule has 1 N–H and O–H groups in total. The maximum atomic E-state index is 12.8. The number of nitrogens with zero attached hydrogens (tertiary/aromatic N) is 1. The molecule has 1 aromatic rings. The van der Waals surface area contributed by atoms with E-state index < -0.39 is 11.6 Å². The van der Waals surface area contributed by atoms with Crippen LogP contribution in [0.1, 0.15) is 145 Å². The molecule has 1 aliphatic rings. The highest BCUT2D eigenvalue weighted by Gasteiger charge is 2.32. The van der Waals surface area contributed by atoms with E-state index in [1.54, 1.807) is 11.8 Å². The summed E-state index contributed by atoms with van der Waals surface area (Å²) in [6, 6.07) is 0. The highest BCUT2D eigenvalue weighted by molar-refractivity contribution is 7.17. The minimum Gasteiger partial charge on any atom is -0.462 e. The molecule has 2 rings (SSSR count). The quantitative estimate of drug-likeness (QED) is 0.105. The zero-order chi connectivity index (χ0) is 30.1. The molecule has 1 aliphatic heterocycles. The Kier molecular flexibility index (Phi) is 16.1. The van der Waals surface area contributed by atoms with Crippen molar-refractivity contribution in [1.82, 2.24) is 4.90 Å². The summed E-state index contributed by atoms with van der Waals surface area (Å²) in [6.07, 6.45) is 21.0. The summed E-state index contributed by atoms with van der Waals surface area (Å²) >= 11 is 1.36. The number of unbranched alkanes of at least 4 members (excludes halogenated alkanes) is 11. The van der Waals surface area contributed by atoms with E-state index in [0.29, 0.717) is 36.5 Å². The van der Waals surface area contributed by atoms with Crippen molar-refractivity contribution in [3.8, 4) is 0 Å². The second-order valence-electron chi connectivity index (χ2n) is 12.0. The Morgan fingerprint density at radius 1 is 0.902 bits per heavy atom. The number of amides is 2. The van der Waals surface area contributed by atoms with Gasteiger partial charge in [-0.1, -0.05) is 70.4 Å². The smallest absolute Gasteiger partial charge is 0.410 e. The van der Waals surface area contributed by atoms with E-state index in [1.807, 2.05) is 20.8 Å². The van der Waals surface area contributed by atoms with Crippen LogP contribution in [0.15, 0.2) is 12.2 Å². The summed E-state index contributed by atoms with van der Waals surface area (Å²) in [5.41, 5.74) is 0.727. The molecule has 41 heavy (non-hydrogen) atoms. The zero-order valence-corrected chi connectivity index (χ0v) is 27.1. The fourth-order valence-electron chi connectivity index (χ4n) is 4.94. The fraction of sp³-hybridized carbons (Fsp3) is 0.727. The average Bonchev–Trinajstić information content (AvgIpc) is 3.27.